The van der Waals surface area contributed by atoms with Crippen molar-refractivity contribution >= 4 is 10.9 Å². The summed E-state index contributed by atoms with van der Waals surface area (Å²) in [6.45, 7) is 1.08. The molecule has 0 aliphatic heterocycles. The number of benzene rings is 2. The van der Waals surface area contributed by atoms with Crippen LogP contribution in [0, 0.1) is 5.92 Å². The molecule has 3 heteroatoms. The van der Waals surface area contributed by atoms with E-state index in [-0.39, 0.29) is 0 Å². The second kappa shape index (κ2) is 7.08. The molecule has 0 fully saturated rings. The summed E-state index contributed by atoms with van der Waals surface area (Å²) in [5, 5.41) is 1.23. The predicted molar refractivity (Wildman–Crippen MR) is 107 cm³/mol. The van der Waals surface area contributed by atoms with Gasteiger partial charge in [-0.1, -0.05) is 30.3 Å². The summed E-state index contributed by atoms with van der Waals surface area (Å²) in [4.78, 5) is 7.31. The van der Waals surface area contributed by atoms with Crippen LogP contribution in [0.3, 0.4) is 0 Å². The fraction of sp³-hybridized carbons (Fsp3) is 0.348. The third-order valence-corrected chi connectivity index (χ3v) is 5.45. The van der Waals surface area contributed by atoms with Gasteiger partial charge < -0.3 is 9.64 Å². The molecule has 26 heavy (non-hydrogen) atoms. The van der Waals surface area contributed by atoms with Crippen molar-refractivity contribution in [3.63, 3.8) is 0 Å². The molecule has 1 aliphatic rings. The summed E-state index contributed by atoms with van der Waals surface area (Å²) < 4.78 is 5.49. The van der Waals surface area contributed by atoms with Crippen LogP contribution in [-0.4, -0.2) is 37.6 Å². The molecule has 0 spiro atoms. The molecule has 2 atom stereocenters. The van der Waals surface area contributed by atoms with Crippen molar-refractivity contribution in [1.29, 1.82) is 0 Å². The Bertz CT molecular complexity index is 919. The SMILES string of the molecule is COc1cccc(C2c3cc4ccccc4nc3CCC2CN(C)C)c1. The van der Waals surface area contributed by atoms with Gasteiger partial charge in [0.2, 0.25) is 0 Å². The smallest absolute Gasteiger partial charge is 0.119 e. The predicted octanol–water partition coefficient (Wildman–Crippen LogP) is 4.50. The molecule has 0 bridgehead atoms. The number of nitrogens with zero attached hydrogens (tertiary/aromatic N) is 2. The molecule has 2 unspecified atom stereocenters. The normalized spacial score (nSPS) is 19.5. The molecule has 134 valence electrons. The number of aryl methyl sites for hydroxylation is 1. The number of rotatable bonds is 4. The third-order valence-electron chi connectivity index (χ3n) is 5.45. The van der Waals surface area contributed by atoms with Crippen molar-refractivity contribution in [2.75, 3.05) is 27.7 Å². The first kappa shape index (κ1) is 17.0. The maximum Gasteiger partial charge on any atom is 0.119 e. The van der Waals surface area contributed by atoms with E-state index < -0.39 is 0 Å². The van der Waals surface area contributed by atoms with Crippen molar-refractivity contribution in [1.82, 2.24) is 9.88 Å². The molecule has 1 heterocycles. The highest BCUT2D eigenvalue weighted by molar-refractivity contribution is 5.80. The fourth-order valence-corrected chi connectivity index (χ4v) is 4.34. The lowest BCUT2D eigenvalue weighted by atomic mass is 9.73. The van der Waals surface area contributed by atoms with Crippen LogP contribution >= 0.6 is 0 Å². The number of methoxy groups -OCH3 is 1. The zero-order valence-corrected chi connectivity index (χ0v) is 15.8. The van der Waals surface area contributed by atoms with Crippen molar-refractivity contribution in [2.24, 2.45) is 5.92 Å². The van der Waals surface area contributed by atoms with Gasteiger partial charge in [-0.25, -0.2) is 0 Å². The molecule has 0 amide bonds. The molecule has 1 aliphatic carbocycles. The van der Waals surface area contributed by atoms with E-state index in [0.717, 1.165) is 24.2 Å². The molecule has 1 aromatic heterocycles. The molecular weight excluding hydrogens is 320 g/mol. The Kier molecular flexibility index (Phi) is 4.64. The van der Waals surface area contributed by atoms with Crippen molar-refractivity contribution < 1.29 is 4.74 Å². The van der Waals surface area contributed by atoms with Gasteiger partial charge in [0, 0.05) is 23.5 Å². The minimum atomic E-state index is 0.355. The van der Waals surface area contributed by atoms with Gasteiger partial charge in [-0.05, 0) is 68.2 Å². The van der Waals surface area contributed by atoms with Gasteiger partial charge >= 0.3 is 0 Å². The molecule has 2 aromatic carbocycles. The van der Waals surface area contributed by atoms with Gasteiger partial charge in [0.05, 0.1) is 12.6 Å². The summed E-state index contributed by atoms with van der Waals surface area (Å²) in [7, 11) is 6.06. The highest BCUT2D eigenvalue weighted by Crippen LogP contribution is 2.42. The maximum absolute atomic E-state index is 5.49. The number of para-hydroxylation sites is 1. The number of pyridine rings is 1. The molecular formula is C23H26N2O. The number of aromatic nitrogens is 1. The number of hydrogen-bond donors (Lipinski definition) is 0. The zero-order chi connectivity index (χ0) is 18.1. The minimum absolute atomic E-state index is 0.355. The van der Waals surface area contributed by atoms with E-state index >= 15 is 0 Å². The molecule has 0 saturated heterocycles. The Balaban J connectivity index is 1.87. The average Bonchev–Trinajstić information content (AvgIpc) is 2.66. The van der Waals surface area contributed by atoms with E-state index in [1.807, 2.05) is 6.07 Å². The standard InChI is InChI=1S/C23H26N2O/c1-25(2)15-18-11-12-22-20(14-16-7-4-5-10-21(16)24-22)23(18)17-8-6-9-19(13-17)26-3/h4-10,13-14,18,23H,11-12,15H2,1-3H3. The van der Waals surface area contributed by atoms with E-state index in [1.165, 1.54) is 28.6 Å². The van der Waals surface area contributed by atoms with Crippen LogP contribution in [0.5, 0.6) is 5.75 Å². The number of fused-ring (bicyclic) bond motifs is 2. The molecule has 3 nitrogen and oxygen atoms in total. The first-order valence-corrected chi connectivity index (χ1v) is 9.33. The summed E-state index contributed by atoms with van der Waals surface area (Å²) >= 11 is 0. The van der Waals surface area contributed by atoms with E-state index in [1.54, 1.807) is 7.11 Å². The zero-order valence-electron chi connectivity index (χ0n) is 15.8. The van der Waals surface area contributed by atoms with Gasteiger partial charge in [-0.15, -0.1) is 0 Å². The Morgan fingerprint density at radius 3 is 2.73 bits per heavy atom. The second-order valence-corrected chi connectivity index (χ2v) is 7.53. The maximum atomic E-state index is 5.49. The van der Waals surface area contributed by atoms with Crippen LogP contribution in [0.2, 0.25) is 0 Å². The summed E-state index contributed by atoms with van der Waals surface area (Å²) in [6.07, 6.45) is 2.22. The van der Waals surface area contributed by atoms with Crippen LogP contribution in [0.25, 0.3) is 10.9 Å². The first-order chi connectivity index (χ1) is 12.7. The topological polar surface area (TPSA) is 25.4 Å². The van der Waals surface area contributed by atoms with Crippen molar-refractivity contribution in [2.45, 2.75) is 18.8 Å². The van der Waals surface area contributed by atoms with Gasteiger partial charge in [0.15, 0.2) is 0 Å². The average molecular weight is 346 g/mol. The number of ether oxygens (including phenoxy) is 1. The molecule has 3 aromatic rings. The van der Waals surface area contributed by atoms with Gasteiger partial charge in [-0.2, -0.15) is 0 Å². The minimum Gasteiger partial charge on any atom is -0.497 e. The second-order valence-electron chi connectivity index (χ2n) is 7.53. The molecule has 4 rings (SSSR count). The van der Waals surface area contributed by atoms with Crippen LogP contribution in [0.4, 0.5) is 0 Å². The van der Waals surface area contributed by atoms with Gasteiger partial charge in [-0.3, -0.25) is 4.98 Å². The summed E-state index contributed by atoms with van der Waals surface area (Å²) in [5.74, 6) is 1.85. The largest absolute Gasteiger partial charge is 0.497 e. The lowest BCUT2D eigenvalue weighted by molar-refractivity contribution is 0.280. The van der Waals surface area contributed by atoms with E-state index in [0.29, 0.717) is 11.8 Å². The van der Waals surface area contributed by atoms with E-state index in [2.05, 4.69) is 67.5 Å². The quantitative estimate of drug-likeness (QED) is 0.695. The van der Waals surface area contributed by atoms with Crippen LogP contribution in [-0.2, 0) is 6.42 Å². The summed E-state index contributed by atoms with van der Waals surface area (Å²) in [5.41, 5.74) is 5.07. The van der Waals surface area contributed by atoms with Crippen LogP contribution < -0.4 is 4.74 Å². The highest BCUT2D eigenvalue weighted by atomic mass is 16.5. The van der Waals surface area contributed by atoms with Gasteiger partial charge in [0.25, 0.3) is 0 Å². The fourth-order valence-electron chi connectivity index (χ4n) is 4.34. The Labute approximate surface area is 155 Å². The Morgan fingerprint density at radius 1 is 1.08 bits per heavy atom. The van der Waals surface area contributed by atoms with Crippen LogP contribution in [0.15, 0.2) is 54.6 Å². The number of hydrogen-bond acceptors (Lipinski definition) is 3. The molecule has 0 N–H and O–H groups in total. The third kappa shape index (κ3) is 3.19. The van der Waals surface area contributed by atoms with Crippen molar-refractivity contribution in [3.05, 3.63) is 71.4 Å². The lowest BCUT2D eigenvalue weighted by Gasteiger charge is -2.35. The lowest BCUT2D eigenvalue weighted by Crippen LogP contribution is -2.31. The highest BCUT2D eigenvalue weighted by Gasteiger charge is 2.32. The van der Waals surface area contributed by atoms with Crippen molar-refractivity contribution in [3.8, 4) is 5.75 Å². The van der Waals surface area contributed by atoms with E-state index in [4.69, 9.17) is 9.72 Å². The monoisotopic (exact) mass is 346 g/mol. The van der Waals surface area contributed by atoms with Crippen LogP contribution in [0.1, 0.15) is 29.2 Å². The first-order valence-electron chi connectivity index (χ1n) is 9.33. The van der Waals surface area contributed by atoms with Gasteiger partial charge in [0.1, 0.15) is 5.75 Å². The summed E-state index contributed by atoms with van der Waals surface area (Å²) in [6, 6.07) is 19.4. The molecule has 0 radical (unpaired) electrons. The Morgan fingerprint density at radius 2 is 1.92 bits per heavy atom. The Hall–Kier alpha value is -2.39. The molecule has 0 saturated carbocycles. The van der Waals surface area contributed by atoms with E-state index in [9.17, 15) is 0 Å².